The van der Waals surface area contributed by atoms with Gasteiger partial charge in [0, 0.05) is 13.1 Å². The lowest BCUT2D eigenvalue weighted by Crippen LogP contribution is -2.35. The summed E-state index contributed by atoms with van der Waals surface area (Å²) in [5.41, 5.74) is 1.27. The van der Waals surface area contributed by atoms with Gasteiger partial charge in [-0.05, 0) is 55.3 Å². The lowest BCUT2D eigenvalue weighted by Gasteiger charge is -2.33. The molecule has 1 aliphatic heterocycles. The summed E-state index contributed by atoms with van der Waals surface area (Å²) in [5.74, 6) is 1.69. The predicted octanol–water partition coefficient (Wildman–Crippen LogP) is 5.64. The minimum absolute atomic E-state index is 0.642. The molecule has 0 spiro atoms. The first-order valence-electron chi connectivity index (χ1n) is 7.71. The van der Waals surface area contributed by atoms with Crippen LogP contribution >= 0.6 is 23.2 Å². The first-order chi connectivity index (χ1) is 9.54. The molecule has 0 radical (unpaired) electrons. The first kappa shape index (κ1) is 16.1. The Morgan fingerprint density at radius 1 is 1.25 bits per heavy atom. The van der Waals surface area contributed by atoms with Crippen molar-refractivity contribution in [3.8, 4) is 0 Å². The van der Waals surface area contributed by atoms with Crippen LogP contribution in [0.5, 0.6) is 0 Å². The van der Waals surface area contributed by atoms with Crippen molar-refractivity contribution in [1.82, 2.24) is 4.90 Å². The van der Waals surface area contributed by atoms with Crippen LogP contribution < -0.4 is 0 Å². The quantitative estimate of drug-likeness (QED) is 0.679. The van der Waals surface area contributed by atoms with Gasteiger partial charge in [-0.2, -0.15) is 0 Å². The van der Waals surface area contributed by atoms with E-state index in [0.29, 0.717) is 10.0 Å². The Hall–Kier alpha value is -0.240. The maximum Gasteiger partial charge on any atom is 0.0595 e. The van der Waals surface area contributed by atoms with Crippen molar-refractivity contribution in [1.29, 1.82) is 0 Å². The maximum atomic E-state index is 6.09. The summed E-state index contributed by atoms with van der Waals surface area (Å²) in [6.07, 6.45) is 5.44. The third-order valence-electron chi connectivity index (χ3n) is 4.15. The fraction of sp³-hybridized carbons (Fsp3) is 0.647. The zero-order valence-electron chi connectivity index (χ0n) is 12.5. The van der Waals surface area contributed by atoms with Crippen LogP contribution in [0.15, 0.2) is 18.2 Å². The van der Waals surface area contributed by atoms with Crippen molar-refractivity contribution in [2.45, 2.75) is 46.1 Å². The van der Waals surface area contributed by atoms with Gasteiger partial charge < -0.3 is 0 Å². The number of halogens is 2. The summed E-state index contributed by atoms with van der Waals surface area (Å²) in [6.45, 7) is 8.06. The van der Waals surface area contributed by atoms with Gasteiger partial charge in [-0.3, -0.25) is 4.90 Å². The summed E-state index contributed by atoms with van der Waals surface area (Å²) in [6, 6.07) is 5.99. The molecule has 0 aromatic heterocycles. The Labute approximate surface area is 133 Å². The molecule has 1 unspecified atom stereocenters. The largest absolute Gasteiger partial charge is 0.299 e. The fourth-order valence-corrected chi connectivity index (χ4v) is 3.32. The van der Waals surface area contributed by atoms with Crippen LogP contribution in [0.25, 0.3) is 0 Å². The van der Waals surface area contributed by atoms with E-state index in [4.69, 9.17) is 23.2 Å². The Kier molecular flexibility index (Phi) is 6.20. The third kappa shape index (κ3) is 4.95. The van der Waals surface area contributed by atoms with Gasteiger partial charge in [0.1, 0.15) is 0 Å². The van der Waals surface area contributed by atoms with E-state index in [1.807, 2.05) is 12.1 Å². The van der Waals surface area contributed by atoms with Crippen molar-refractivity contribution < 1.29 is 0 Å². The molecule has 1 aliphatic rings. The minimum Gasteiger partial charge on any atom is -0.299 e. The van der Waals surface area contributed by atoms with Crippen LogP contribution in [-0.2, 0) is 6.54 Å². The van der Waals surface area contributed by atoms with Crippen LogP contribution in [0, 0.1) is 11.8 Å². The topological polar surface area (TPSA) is 3.24 Å². The number of rotatable bonds is 5. The summed E-state index contributed by atoms with van der Waals surface area (Å²) < 4.78 is 0. The summed E-state index contributed by atoms with van der Waals surface area (Å²) in [7, 11) is 0. The molecule has 2 rings (SSSR count). The highest BCUT2D eigenvalue weighted by molar-refractivity contribution is 6.42. The number of benzene rings is 1. The average Bonchev–Trinajstić information content (AvgIpc) is 2.41. The number of piperidine rings is 1. The molecule has 1 aromatic rings. The summed E-state index contributed by atoms with van der Waals surface area (Å²) in [4.78, 5) is 2.56. The monoisotopic (exact) mass is 313 g/mol. The summed E-state index contributed by atoms with van der Waals surface area (Å²) >= 11 is 12.1. The van der Waals surface area contributed by atoms with E-state index in [2.05, 4.69) is 24.8 Å². The molecule has 0 bridgehead atoms. The Morgan fingerprint density at radius 2 is 2.05 bits per heavy atom. The zero-order valence-corrected chi connectivity index (χ0v) is 14.1. The molecular formula is C17H25Cl2N. The lowest BCUT2D eigenvalue weighted by atomic mass is 9.90. The van der Waals surface area contributed by atoms with Crippen LogP contribution in [0.3, 0.4) is 0 Å². The van der Waals surface area contributed by atoms with E-state index in [9.17, 15) is 0 Å². The first-order valence-corrected chi connectivity index (χ1v) is 8.46. The third-order valence-corrected chi connectivity index (χ3v) is 4.88. The molecule has 0 N–H and O–H groups in total. The number of hydrogen-bond donors (Lipinski definition) is 0. The second kappa shape index (κ2) is 7.68. The molecule has 1 aromatic carbocycles. The molecule has 0 amide bonds. The van der Waals surface area contributed by atoms with E-state index < -0.39 is 0 Å². The van der Waals surface area contributed by atoms with Crippen LogP contribution in [-0.4, -0.2) is 18.0 Å². The van der Waals surface area contributed by atoms with Gasteiger partial charge in [-0.15, -0.1) is 0 Å². The summed E-state index contributed by atoms with van der Waals surface area (Å²) in [5, 5.41) is 1.31. The van der Waals surface area contributed by atoms with Gasteiger partial charge >= 0.3 is 0 Å². The highest BCUT2D eigenvalue weighted by Gasteiger charge is 2.20. The maximum absolute atomic E-state index is 6.09. The highest BCUT2D eigenvalue weighted by Crippen LogP contribution is 2.26. The van der Waals surface area contributed by atoms with E-state index >= 15 is 0 Å². The molecule has 3 heteroatoms. The second-order valence-electron chi connectivity index (χ2n) is 6.46. The lowest BCUT2D eigenvalue weighted by molar-refractivity contribution is 0.157. The highest BCUT2D eigenvalue weighted by atomic mass is 35.5. The molecule has 1 nitrogen and oxygen atoms in total. The van der Waals surface area contributed by atoms with Gasteiger partial charge in [0.15, 0.2) is 0 Å². The second-order valence-corrected chi connectivity index (χ2v) is 7.28. The van der Waals surface area contributed by atoms with Gasteiger partial charge in [-0.25, -0.2) is 0 Å². The van der Waals surface area contributed by atoms with E-state index in [1.54, 1.807) is 0 Å². The van der Waals surface area contributed by atoms with E-state index in [1.165, 1.54) is 44.3 Å². The van der Waals surface area contributed by atoms with Crippen LogP contribution in [0.4, 0.5) is 0 Å². The van der Waals surface area contributed by atoms with Gasteiger partial charge in [0.2, 0.25) is 0 Å². The van der Waals surface area contributed by atoms with Gasteiger partial charge in [0.25, 0.3) is 0 Å². The fourth-order valence-electron chi connectivity index (χ4n) is 3.00. The van der Waals surface area contributed by atoms with Gasteiger partial charge in [-0.1, -0.05) is 49.5 Å². The van der Waals surface area contributed by atoms with Crippen molar-refractivity contribution in [2.24, 2.45) is 11.8 Å². The van der Waals surface area contributed by atoms with Crippen molar-refractivity contribution >= 4 is 23.2 Å². The molecular weight excluding hydrogens is 289 g/mol. The van der Waals surface area contributed by atoms with Crippen LogP contribution in [0.1, 0.15) is 45.1 Å². The molecule has 1 saturated heterocycles. The Balaban J connectivity index is 1.87. The number of likely N-dealkylation sites (tertiary alicyclic amines) is 1. The number of hydrogen-bond acceptors (Lipinski definition) is 1. The molecule has 20 heavy (non-hydrogen) atoms. The molecule has 1 atom stereocenters. The molecule has 112 valence electrons. The minimum atomic E-state index is 0.642. The predicted molar refractivity (Wildman–Crippen MR) is 88.5 cm³/mol. The molecule has 1 fully saturated rings. The smallest absolute Gasteiger partial charge is 0.0595 e. The SMILES string of the molecule is CC(C)CCC1CCCN(Cc2ccc(Cl)c(Cl)c2)C1. The normalized spacial score (nSPS) is 20.6. The van der Waals surface area contributed by atoms with Crippen molar-refractivity contribution in [3.05, 3.63) is 33.8 Å². The molecule has 1 heterocycles. The molecule has 0 aliphatic carbocycles. The Morgan fingerprint density at radius 3 is 2.75 bits per heavy atom. The molecule has 0 saturated carbocycles. The van der Waals surface area contributed by atoms with Crippen molar-refractivity contribution in [3.63, 3.8) is 0 Å². The van der Waals surface area contributed by atoms with E-state index in [0.717, 1.165) is 18.4 Å². The average molecular weight is 314 g/mol. The Bertz CT molecular complexity index is 431. The van der Waals surface area contributed by atoms with Crippen molar-refractivity contribution in [2.75, 3.05) is 13.1 Å². The van der Waals surface area contributed by atoms with E-state index in [-0.39, 0.29) is 0 Å². The zero-order chi connectivity index (χ0) is 14.5. The van der Waals surface area contributed by atoms with Crippen LogP contribution in [0.2, 0.25) is 10.0 Å². The van der Waals surface area contributed by atoms with Gasteiger partial charge in [0.05, 0.1) is 10.0 Å². The standard InChI is InChI=1S/C17H25Cl2N/c1-13(2)5-6-14-4-3-9-20(11-14)12-15-7-8-16(18)17(19)10-15/h7-8,10,13-14H,3-6,9,11-12H2,1-2H3. The number of nitrogens with zero attached hydrogens (tertiary/aromatic N) is 1.